The molecule has 0 atom stereocenters. The van der Waals surface area contributed by atoms with Gasteiger partial charge in [-0.3, -0.25) is 14.8 Å². The van der Waals surface area contributed by atoms with Crippen LogP contribution in [-0.2, 0) is 10.0 Å². The van der Waals surface area contributed by atoms with Gasteiger partial charge in [0.1, 0.15) is 5.76 Å². The minimum atomic E-state index is -4.10. The van der Waals surface area contributed by atoms with Crippen molar-refractivity contribution in [3.8, 4) is 0 Å². The van der Waals surface area contributed by atoms with E-state index in [0.29, 0.717) is 11.8 Å². The standard InChI is InChI=1S/C10H8FN3O5S/c1-6-4-10(12-19-6)13-20(17,18)7-2-3-9(14(15)16)8(11)5-7/h2-5H,1H3,(H,12,13). The minimum Gasteiger partial charge on any atom is -0.360 e. The predicted octanol–water partition coefficient (Wildman–Crippen LogP) is 1.83. The molecule has 1 aromatic heterocycles. The number of benzene rings is 1. The Hall–Kier alpha value is -2.49. The summed E-state index contributed by atoms with van der Waals surface area (Å²) < 4.78 is 44.0. The van der Waals surface area contributed by atoms with Crippen molar-refractivity contribution in [1.29, 1.82) is 0 Å². The smallest absolute Gasteiger partial charge is 0.304 e. The second-order valence-corrected chi connectivity index (χ2v) is 5.48. The van der Waals surface area contributed by atoms with Gasteiger partial charge < -0.3 is 4.52 Å². The van der Waals surface area contributed by atoms with Gasteiger partial charge in [0.15, 0.2) is 5.82 Å². The lowest BCUT2D eigenvalue weighted by atomic mass is 10.3. The normalized spacial score (nSPS) is 11.3. The molecule has 2 aromatic rings. The van der Waals surface area contributed by atoms with Crippen LogP contribution in [0.15, 0.2) is 33.7 Å². The van der Waals surface area contributed by atoms with Crippen molar-refractivity contribution >= 4 is 21.5 Å². The molecule has 1 aromatic carbocycles. The third-order valence-corrected chi connectivity index (χ3v) is 3.65. The van der Waals surface area contributed by atoms with Crippen molar-refractivity contribution in [3.63, 3.8) is 0 Å². The number of nitro groups is 1. The summed E-state index contributed by atoms with van der Waals surface area (Å²) in [7, 11) is -4.10. The second kappa shape index (κ2) is 4.89. The van der Waals surface area contributed by atoms with Crippen molar-refractivity contribution in [2.45, 2.75) is 11.8 Å². The van der Waals surface area contributed by atoms with Crippen molar-refractivity contribution in [2.24, 2.45) is 0 Å². The van der Waals surface area contributed by atoms with Gasteiger partial charge in [-0.25, -0.2) is 8.42 Å². The Bertz CT molecular complexity index is 771. The van der Waals surface area contributed by atoms with Crippen molar-refractivity contribution < 1.29 is 22.3 Å². The zero-order valence-electron chi connectivity index (χ0n) is 10.0. The molecule has 8 nitrogen and oxygen atoms in total. The van der Waals surface area contributed by atoms with Gasteiger partial charge in [-0.05, 0) is 13.0 Å². The van der Waals surface area contributed by atoms with Crippen LogP contribution in [0, 0.1) is 22.9 Å². The van der Waals surface area contributed by atoms with Crippen LogP contribution in [0.2, 0.25) is 0 Å². The van der Waals surface area contributed by atoms with Gasteiger partial charge in [-0.1, -0.05) is 5.16 Å². The summed E-state index contributed by atoms with van der Waals surface area (Å²) in [6, 6.07) is 3.60. The van der Waals surface area contributed by atoms with Crippen LogP contribution in [0.4, 0.5) is 15.9 Å². The first kappa shape index (κ1) is 13.9. The molecule has 0 fully saturated rings. The molecule has 2 rings (SSSR count). The number of aromatic nitrogens is 1. The molecule has 0 radical (unpaired) electrons. The highest BCUT2D eigenvalue weighted by molar-refractivity contribution is 7.92. The van der Waals surface area contributed by atoms with Crippen LogP contribution in [0.25, 0.3) is 0 Å². The fraction of sp³-hybridized carbons (Fsp3) is 0.100. The van der Waals surface area contributed by atoms with E-state index < -0.39 is 31.3 Å². The Kier molecular flexibility index (Phi) is 3.40. The molecule has 10 heteroatoms. The maximum Gasteiger partial charge on any atom is 0.304 e. The molecule has 1 heterocycles. The van der Waals surface area contributed by atoms with Crippen LogP contribution < -0.4 is 4.72 Å². The summed E-state index contributed by atoms with van der Waals surface area (Å²) in [5.74, 6) is -0.923. The van der Waals surface area contributed by atoms with Crippen LogP contribution >= 0.6 is 0 Å². The first-order valence-corrected chi connectivity index (χ1v) is 6.68. The zero-order valence-corrected chi connectivity index (χ0v) is 10.8. The molecule has 0 bridgehead atoms. The molecular formula is C10H8FN3O5S. The van der Waals surface area contributed by atoms with Gasteiger partial charge in [-0.15, -0.1) is 0 Å². The molecule has 0 aliphatic carbocycles. The zero-order chi connectivity index (χ0) is 14.9. The molecule has 0 aliphatic heterocycles. The maximum atomic E-state index is 13.4. The van der Waals surface area contributed by atoms with E-state index in [9.17, 15) is 22.9 Å². The number of hydrogen-bond acceptors (Lipinski definition) is 6. The van der Waals surface area contributed by atoms with E-state index in [-0.39, 0.29) is 5.82 Å². The molecule has 0 saturated carbocycles. The first-order chi connectivity index (χ1) is 9.29. The molecule has 0 aliphatic rings. The Labute approximate surface area is 112 Å². The molecule has 0 amide bonds. The molecule has 20 heavy (non-hydrogen) atoms. The molecule has 0 spiro atoms. The Morgan fingerprint density at radius 3 is 2.60 bits per heavy atom. The van der Waals surface area contributed by atoms with E-state index in [0.717, 1.165) is 12.1 Å². The first-order valence-electron chi connectivity index (χ1n) is 5.20. The lowest BCUT2D eigenvalue weighted by Gasteiger charge is -2.04. The SMILES string of the molecule is Cc1cc(NS(=O)(=O)c2ccc([N+](=O)[O-])c(F)c2)no1. The van der Waals surface area contributed by atoms with Gasteiger partial charge >= 0.3 is 5.69 Å². The Balaban J connectivity index is 2.35. The number of aryl methyl sites for hydroxylation is 1. The largest absolute Gasteiger partial charge is 0.360 e. The number of sulfonamides is 1. The number of halogens is 1. The van der Waals surface area contributed by atoms with Gasteiger partial charge in [0.05, 0.1) is 9.82 Å². The number of anilines is 1. The fourth-order valence-electron chi connectivity index (χ4n) is 1.41. The number of nitrogens with one attached hydrogen (secondary N) is 1. The van der Waals surface area contributed by atoms with E-state index in [4.69, 9.17) is 0 Å². The molecular weight excluding hydrogens is 293 g/mol. The number of nitro benzene ring substituents is 1. The van der Waals surface area contributed by atoms with Crippen LogP contribution in [0.5, 0.6) is 0 Å². The highest BCUT2D eigenvalue weighted by atomic mass is 32.2. The van der Waals surface area contributed by atoms with Crippen LogP contribution in [-0.4, -0.2) is 18.5 Å². The lowest BCUT2D eigenvalue weighted by Crippen LogP contribution is -2.13. The Morgan fingerprint density at radius 1 is 1.40 bits per heavy atom. The van der Waals surface area contributed by atoms with Gasteiger partial charge in [0, 0.05) is 18.2 Å². The van der Waals surface area contributed by atoms with E-state index in [1.54, 1.807) is 6.92 Å². The summed E-state index contributed by atoms with van der Waals surface area (Å²) >= 11 is 0. The monoisotopic (exact) mass is 301 g/mol. The quantitative estimate of drug-likeness (QED) is 0.680. The minimum absolute atomic E-state index is 0.0683. The third-order valence-electron chi connectivity index (χ3n) is 2.29. The van der Waals surface area contributed by atoms with Gasteiger partial charge in [-0.2, -0.15) is 4.39 Å². The topological polar surface area (TPSA) is 115 Å². The third kappa shape index (κ3) is 2.74. The fourth-order valence-corrected chi connectivity index (χ4v) is 2.41. The number of hydrogen-bond donors (Lipinski definition) is 1. The highest BCUT2D eigenvalue weighted by Crippen LogP contribution is 2.22. The molecule has 0 saturated heterocycles. The van der Waals surface area contributed by atoms with Crippen LogP contribution in [0.1, 0.15) is 5.76 Å². The summed E-state index contributed by atoms with van der Waals surface area (Å²) in [6.45, 7) is 1.57. The van der Waals surface area contributed by atoms with Crippen molar-refractivity contribution in [3.05, 3.63) is 46.0 Å². The molecule has 106 valence electrons. The predicted molar refractivity (Wildman–Crippen MR) is 65.1 cm³/mol. The number of nitrogens with zero attached hydrogens (tertiary/aromatic N) is 2. The second-order valence-electron chi connectivity index (χ2n) is 3.80. The van der Waals surface area contributed by atoms with Gasteiger partial charge in [0.25, 0.3) is 10.0 Å². The van der Waals surface area contributed by atoms with E-state index in [2.05, 4.69) is 14.4 Å². The Morgan fingerprint density at radius 2 is 2.10 bits per heavy atom. The highest BCUT2D eigenvalue weighted by Gasteiger charge is 2.21. The lowest BCUT2D eigenvalue weighted by molar-refractivity contribution is -0.387. The number of rotatable bonds is 4. The average Bonchev–Trinajstić information content (AvgIpc) is 2.73. The molecule has 0 unspecified atom stereocenters. The maximum absolute atomic E-state index is 13.4. The van der Waals surface area contributed by atoms with Crippen molar-refractivity contribution in [1.82, 2.24) is 5.16 Å². The van der Waals surface area contributed by atoms with E-state index in [1.165, 1.54) is 6.07 Å². The van der Waals surface area contributed by atoms with E-state index >= 15 is 0 Å². The summed E-state index contributed by atoms with van der Waals surface area (Å²) in [6.07, 6.45) is 0. The van der Waals surface area contributed by atoms with Gasteiger partial charge in [0.2, 0.25) is 5.82 Å². The summed E-state index contributed by atoms with van der Waals surface area (Å²) in [5.41, 5.74) is -0.804. The average molecular weight is 301 g/mol. The van der Waals surface area contributed by atoms with Crippen molar-refractivity contribution in [2.75, 3.05) is 4.72 Å². The summed E-state index contributed by atoms with van der Waals surface area (Å²) in [4.78, 5) is 9.05. The summed E-state index contributed by atoms with van der Waals surface area (Å²) in [5, 5.41) is 13.9. The van der Waals surface area contributed by atoms with Crippen LogP contribution in [0.3, 0.4) is 0 Å². The molecule has 1 N–H and O–H groups in total. The van der Waals surface area contributed by atoms with E-state index in [1.807, 2.05) is 0 Å².